The van der Waals surface area contributed by atoms with E-state index in [1.807, 2.05) is 0 Å². The number of carbonyl (C=O) groups excluding carboxylic acids is 1. The van der Waals surface area contributed by atoms with Gasteiger partial charge in [-0.3, -0.25) is 0 Å². The molecular formula is C12H15FO5. The molecule has 18 heavy (non-hydrogen) atoms. The largest absolute Gasteiger partial charge is 0.462 e. The summed E-state index contributed by atoms with van der Waals surface area (Å²) in [6, 6.07) is 3.31. The fraction of sp³-hybridized carbons (Fsp3) is 0.417. The number of hydrogen-bond acceptors (Lipinski definition) is 5. The summed E-state index contributed by atoms with van der Waals surface area (Å²) in [6.07, 6.45) is -2.80. The molecule has 0 heterocycles. The summed E-state index contributed by atoms with van der Waals surface area (Å²) in [4.78, 5) is 11.4. The van der Waals surface area contributed by atoms with Crippen molar-refractivity contribution >= 4 is 5.97 Å². The molecule has 1 aromatic carbocycles. The van der Waals surface area contributed by atoms with Gasteiger partial charge < -0.3 is 20.1 Å². The number of halogens is 1. The molecular weight excluding hydrogens is 243 g/mol. The average molecular weight is 258 g/mol. The van der Waals surface area contributed by atoms with Gasteiger partial charge in [-0.25, -0.2) is 9.18 Å². The normalized spacial score (nSPS) is 14.1. The number of esters is 1. The summed E-state index contributed by atoms with van der Waals surface area (Å²) in [5.41, 5.74) is -0.195. The molecule has 2 atom stereocenters. The van der Waals surface area contributed by atoms with Crippen molar-refractivity contribution in [2.75, 3.05) is 13.2 Å². The average Bonchev–Trinajstić information content (AvgIpc) is 2.37. The molecule has 0 aliphatic heterocycles. The van der Waals surface area contributed by atoms with Crippen LogP contribution in [0.5, 0.6) is 0 Å². The van der Waals surface area contributed by atoms with Gasteiger partial charge in [0.25, 0.3) is 0 Å². The van der Waals surface area contributed by atoms with Crippen LogP contribution >= 0.6 is 0 Å². The van der Waals surface area contributed by atoms with Crippen LogP contribution in [0, 0.1) is 5.82 Å². The Balaban J connectivity index is 3.03. The predicted octanol–water partition coefficient (Wildman–Crippen LogP) is 0.389. The summed E-state index contributed by atoms with van der Waals surface area (Å²) in [5.74, 6) is -1.62. The van der Waals surface area contributed by atoms with Crippen LogP contribution in [0.3, 0.4) is 0 Å². The Bertz CT molecular complexity index is 421. The highest BCUT2D eigenvalue weighted by Gasteiger charge is 2.21. The van der Waals surface area contributed by atoms with E-state index in [1.54, 1.807) is 6.92 Å². The molecule has 0 fully saturated rings. The van der Waals surface area contributed by atoms with Crippen molar-refractivity contribution in [3.8, 4) is 0 Å². The van der Waals surface area contributed by atoms with Crippen molar-refractivity contribution in [3.63, 3.8) is 0 Å². The molecule has 0 saturated carbocycles. The highest BCUT2D eigenvalue weighted by atomic mass is 19.1. The SMILES string of the molecule is CCOC(=O)c1cc(C(O)C(O)CO)ccc1F. The van der Waals surface area contributed by atoms with E-state index < -0.39 is 30.6 Å². The molecule has 0 aromatic heterocycles. The second kappa shape index (κ2) is 6.44. The Hall–Kier alpha value is -1.50. The Morgan fingerprint density at radius 1 is 1.44 bits per heavy atom. The van der Waals surface area contributed by atoms with Crippen LogP contribution in [0.4, 0.5) is 4.39 Å². The Morgan fingerprint density at radius 2 is 2.11 bits per heavy atom. The lowest BCUT2D eigenvalue weighted by molar-refractivity contribution is -0.0153. The number of aliphatic hydroxyl groups excluding tert-OH is 3. The molecule has 100 valence electrons. The zero-order valence-corrected chi connectivity index (χ0v) is 9.84. The van der Waals surface area contributed by atoms with Gasteiger partial charge in [0.15, 0.2) is 0 Å². The van der Waals surface area contributed by atoms with Crippen LogP contribution in [0.25, 0.3) is 0 Å². The molecule has 6 heteroatoms. The fourth-order valence-electron chi connectivity index (χ4n) is 1.41. The summed E-state index contributed by atoms with van der Waals surface area (Å²) in [7, 11) is 0. The minimum atomic E-state index is -1.40. The van der Waals surface area contributed by atoms with E-state index in [0.717, 1.165) is 12.1 Å². The first-order chi connectivity index (χ1) is 8.51. The monoisotopic (exact) mass is 258 g/mol. The summed E-state index contributed by atoms with van der Waals surface area (Å²) in [5, 5.41) is 27.6. The van der Waals surface area contributed by atoms with Crippen LogP contribution < -0.4 is 0 Å². The van der Waals surface area contributed by atoms with Gasteiger partial charge in [0.2, 0.25) is 0 Å². The number of benzene rings is 1. The first-order valence-corrected chi connectivity index (χ1v) is 5.44. The molecule has 0 aliphatic carbocycles. The summed E-state index contributed by atoms with van der Waals surface area (Å²) < 4.78 is 18.1. The maximum atomic E-state index is 13.4. The molecule has 0 amide bonds. The van der Waals surface area contributed by atoms with Crippen LogP contribution in [-0.4, -0.2) is 40.6 Å². The van der Waals surface area contributed by atoms with Gasteiger partial charge in [0.05, 0.1) is 18.8 Å². The lowest BCUT2D eigenvalue weighted by Gasteiger charge is -2.16. The third-order valence-electron chi connectivity index (χ3n) is 2.38. The summed E-state index contributed by atoms with van der Waals surface area (Å²) >= 11 is 0. The van der Waals surface area contributed by atoms with Gasteiger partial charge in [-0.15, -0.1) is 0 Å². The van der Waals surface area contributed by atoms with Crippen LogP contribution in [-0.2, 0) is 4.74 Å². The number of carbonyl (C=O) groups is 1. The first kappa shape index (κ1) is 14.6. The lowest BCUT2D eigenvalue weighted by atomic mass is 10.0. The second-order valence-electron chi connectivity index (χ2n) is 3.65. The minimum Gasteiger partial charge on any atom is -0.462 e. The molecule has 5 nitrogen and oxygen atoms in total. The number of rotatable bonds is 5. The first-order valence-electron chi connectivity index (χ1n) is 5.44. The van der Waals surface area contributed by atoms with Crippen molar-refractivity contribution < 1.29 is 29.2 Å². The van der Waals surface area contributed by atoms with Gasteiger partial charge in [0, 0.05) is 0 Å². The van der Waals surface area contributed by atoms with Crippen molar-refractivity contribution in [1.29, 1.82) is 0 Å². The van der Waals surface area contributed by atoms with Crippen molar-refractivity contribution in [3.05, 3.63) is 35.1 Å². The van der Waals surface area contributed by atoms with Gasteiger partial charge >= 0.3 is 5.97 Å². The van der Waals surface area contributed by atoms with Gasteiger partial charge in [-0.2, -0.15) is 0 Å². The van der Waals surface area contributed by atoms with Crippen LogP contribution in [0.15, 0.2) is 18.2 Å². The van der Waals surface area contributed by atoms with Gasteiger partial charge in [-0.05, 0) is 24.6 Å². The molecule has 0 spiro atoms. The predicted molar refractivity (Wildman–Crippen MR) is 60.4 cm³/mol. The van der Waals surface area contributed by atoms with Gasteiger partial charge in [-0.1, -0.05) is 6.07 Å². The Kier molecular flexibility index (Phi) is 5.21. The van der Waals surface area contributed by atoms with Crippen LogP contribution in [0.1, 0.15) is 28.9 Å². The van der Waals surface area contributed by atoms with E-state index in [1.165, 1.54) is 6.07 Å². The fourth-order valence-corrected chi connectivity index (χ4v) is 1.41. The van der Waals surface area contributed by atoms with E-state index in [4.69, 9.17) is 5.11 Å². The maximum absolute atomic E-state index is 13.4. The molecule has 3 N–H and O–H groups in total. The number of hydrogen-bond donors (Lipinski definition) is 3. The van der Waals surface area contributed by atoms with E-state index in [0.29, 0.717) is 0 Å². The van der Waals surface area contributed by atoms with Crippen molar-refractivity contribution in [2.45, 2.75) is 19.1 Å². The molecule has 0 radical (unpaired) electrons. The number of ether oxygens (including phenoxy) is 1. The molecule has 1 aromatic rings. The third-order valence-corrected chi connectivity index (χ3v) is 2.38. The Morgan fingerprint density at radius 3 is 2.67 bits per heavy atom. The quantitative estimate of drug-likeness (QED) is 0.665. The third kappa shape index (κ3) is 3.25. The van der Waals surface area contributed by atoms with Crippen LogP contribution in [0.2, 0.25) is 0 Å². The van der Waals surface area contributed by atoms with E-state index in [-0.39, 0.29) is 17.7 Å². The van der Waals surface area contributed by atoms with E-state index >= 15 is 0 Å². The van der Waals surface area contributed by atoms with Gasteiger partial charge in [0.1, 0.15) is 18.0 Å². The smallest absolute Gasteiger partial charge is 0.341 e. The lowest BCUT2D eigenvalue weighted by Crippen LogP contribution is -2.22. The number of aliphatic hydroxyl groups is 3. The summed E-state index contributed by atoms with van der Waals surface area (Å²) in [6.45, 7) is 1.04. The van der Waals surface area contributed by atoms with E-state index in [9.17, 15) is 19.4 Å². The Labute approximate surface area is 103 Å². The molecule has 0 bridgehead atoms. The molecule has 0 aliphatic rings. The van der Waals surface area contributed by atoms with Crippen molar-refractivity contribution in [1.82, 2.24) is 0 Å². The molecule has 2 unspecified atom stereocenters. The standard InChI is InChI=1S/C12H15FO5/c1-2-18-12(17)8-5-7(3-4-9(8)13)11(16)10(15)6-14/h3-5,10-11,14-16H,2,6H2,1H3. The topological polar surface area (TPSA) is 87.0 Å². The molecule has 1 rings (SSSR count). The highest BCUT2D eigenvalue weighted by Crippen LogP contribution is 2.20. The van der Waals surface area contributed by atoms with Crippen molar-refractivity contribution in [2.24, 2.45) is 0 Å². The second-order valence-corrected chi connectivity index (χ2v) is 3.65. The minimum absolute atomic E-state index is 0.102. The zero-order valence-electron chi connectivity index (χ0n) is 9.84. The molecule has 0 saturated heterocycles. The highest BCUT2D eigenvalue weighted by molar-refractivity contribution is 5.89. The maximum Gasteiger partial charge on any atom is 0.341 e. The zero-order chi connectivity index (χ0) is 13.7. The van der Waals surface area contributed by atoms with E-state index in [2.05, 4.69) is 4.74 Å².